The van der Waals surface area contributed by atoms with E-state index in [-0.39, 0.29) is 0 Å². The van der Waals surface area contributed by atoms with Crippen molar-refractivity contribution in [2.75, 3.05) is 4.90 Å². The molecule has 0 aliphatic rings. The number of para-hydroxylation sites is 1. The maximum Gasteiger partial charge on any atom is 0.138 e. The van der Waals surface area contributed by atoms with Crippen LogP contribution in [0.4, 0.5) is 17.1 Å². The fraction of sp³-hybridized carbons (Fsp3) is 0.0196. The topological polar surface area (TPSA) is 16.4 Å². The second-order valence-corrected chi connectivity index (χ2v) is 13.4. The Bertz CT molecular complexity index is 2640. The lowest BCUT2D eigenvalue weighted by atomic mass is 9.97. The first-order chi connectivity index (χ1) is 26.2. The highest BCUT2D eigenvalue weighted by Gasteiger charge is 2.16. The zero-order chi connectivity index (χ0) is 35.6. The molecule has 0 atom stereocenters. The van der Waals surface area contributed by atoms with E-state index < -0.39 is 0 Å². The molecule has 0 saturated heterocycles. The SMILES string of the molecule is Cc1c(-c2cccc(-c3ccc(-c4ccc(N(c5ccc(-c6ccccc6)cc5)c5cccc(-c6ccccc6)c5)cc4)cc3)c2)oc2ccccc12. The molecule has 0 amide bonds. The van der Waals surface area contributed by atoms with Crippen LogP contribution in [-0.2, 0) is 0 Å². The zero-order valence-electron chi connectivity index (χ0n) is 29.5. The molecule has 0 unspecified atom stereocenters. The van der Waals surface area contributed by atoms with Gasteiger partial charge in [0.15, 0.2) is 0 Å². The molecule has 8 aromatic carbocycles. The molecule has 2 nitrogen and oxygen atoms in total. The summed E-state index contributed by atoms with van der Waals surface area (Å²) in [6.07, 6.45) is 0. The lowest BCUT2D eigenvalue weighted by Crippen LogP contribution is -2.10. The third-order valence-corrected chi connectivity index (χ3v) is 10.1. The molecule has 1 aromatic heterocycles. The Morgan fingerprint density at radius 2 is 0.736 bits per heavy atom. The monoisotopic (exact) mass is 679 g/mol. The van der Waals surface area contributed by atoms with Crippen molar-refractivity contribution in [3.63, 3.8) is 0 Å². The standard InChI is InChI=1S/C51H37NO/c1-36-49-20-8-9-21-50(49)53-51(36)45-18-10-16-43(34-45)42-24-22-39(23-25-42)41-28-32-47(33-29-41)52(46-30-26-40(27-31-46)37-12-4-2-5-13-37)48-19-11-17-44(35-48)38-14-6-3-7-15-38/h2-35H,1H3. The van der Waals surface area contributed by atoms with E-state index in [1.807, 2.05) is 12.1 Å². The summed E-state index contributed by atoms with van der Waals surface area (Å²) in [5.41, 5.74) is 16.0. The van der Waals surface area contributed by atoms with Crippen molar-refractivity contribution >= 4 is 28.0 Å². The van der Waals surface area contributed by atoms with Gasteiger partial charge in [-0.3, -0.25) is 0 Å². The number of aryl methyl sites for hydroxylation is 1. The molecule has 0 spiro atoms. The number of benzene rings is 8. The van der Waals surface area contributed by atoms with Crippen LogP contribution < -0.4 is 4.90 Å². The van der Waals surface area contributed by atoms with Crippen LogP contribution >= 0.6 is 0 Å². The molecule has 9 rings (SSSR count). The summed E-state index contributed by atoms with van der Waals surface area (Å²) >= 11 is 0. The summed E-state index contributed by atoms with van der Waals surface area (Å²) in [5.74, 6) is 0.928. The van der Waals surface area contributed by atoms with E-state index in [1.54, 1.807) is 0 Å². The Morgan fingerprint density at radius 1 is 0.321 bits per heavy atom. The van der Waals surface area contributed by atoms with E-state index in [0.717, 1.165) is 44.9 Å². The van der Waals surface area contributed by atoms with Crippen molar-refractivity contribution in [1.29, 1.82) is 0 Å². The molecule has 1 heterocycles. The van der Waals surface area contributed by atoms with Crippen LogP contribution in [0.1, 0.15) is 5.56 Å². The predicted molar refractivity (Wildman–Crippen MR) is 223 cm³/mol. The van der Waals surface area contributed by atoms with Gasteiger partial charge >= 0.3 is 0 Å². The van der Waals surface area contributed by atoms with E-state index in [9.17, 15) is 0 Å². The zero-order valence-corrected chi connectivity index (χ0v) is 29.5. The summed E-state index contributed by atoms with van der Waals surface area (Å²) in [6.45, 7) is 2.14. The minimum absolute atomic E-state index is 0.922. The number of fused-ring (bicyclic) bond motifs is 1. The van der Waals surface area contributed by atoms with Gasteiger partial charge < -0.3 is 9.32 Å². The number of rotatable bonds is 8. The van der Waals surface area contributed by atoms with Crippen LogP contribution in [0.2, 0.25) is 0 Å². The Kier molecular flexibility index (Phi) is 8.47. The number of nitrogens with zero attached hydrogens (tertiary/aromatic N) is 1. The summed E-state index contributed by atoms with van der Waals surface area (Å²) in [7, 11) is 0. The van der Waals surface area contributed by atoms with Crippen molar-refractivity contribution in [2.24, 2.45) is 0 Å². The minimum atomic E-state index is 0.922. The molecular weight excluding hydrogens is 643 g/mol. The summed E-state index contributed by atoms with van der Waals surface area (Å²) < 4.78 is 6.28. The average molecular weight is 680 g/mol. The van der Waals surface area contributed by atoms with Crippen LogP contribution in [-0.4, -0.2) is 0 Å². The Morgan fingerprint density at radius 3 is 1.32 bits per heavy atom. The van der Waals surface area contributed by atoms with Crippen molar-refractivity contribution in [1.82, 2.24) is 0 Å². The maximum absolute atomic E-state index is 6.28. The van der Waals surface area contributed by atoms with Crippen molar-refractivity contribution < 1.29 is 4.42 Å². The first-order valence-corrected chi connectivity index (χ1v) is 18.1. The molecule has 0 radical (unpaired) electrons. The van der Waals surface area contributed by atoms with Crippen LogP contribution in [0.3, 0.4) is 0 Å². The highest BCUT2D eigenvalue weighted by molar-refractivity contribution is 5.88. The van der Waals surface area contributed by atoms with Gasteiger partial charge in [-0.15, -0.1) is 0 Å². The van der Waals surface area contributed by atoms with Gasteiger partial charge in [-0.25, -0.2) is 0 Å². The third-order valence-electron chi connectivity index (χ3n) is 10.1. The second kappa shape index (κ2) is 14.0. The van der Waals surface area contributed by atoms with Crippen LogP contribution in [0.15, 0.2) is 211 Å². The second-order valence-electron chi connectivity index (χ2n) is 13.4. The molecule has 9 aromatic rings. The van der Waals surface area contributed by atoms with Gasteiger partial charge in [0.2, 0.25) is 0 Å². The fourth-order valence-corrected chi connectivity index (χ4v) is 7.28. The van der Waals surface area contributed by atoms with Crippen molar-refractivity contribution in [3.05, 3.63) is 212 Å². The number of furan rings is 1. The molecule has 0 bridgehead atoms. The maximum atomic E-state index is 6.28. The molecule has 0 saturated carbocycles. The Labute approximate surface area is 310 Å². The first kappa shape index (κ1) is 32.0. The number of hydrogen-bond acceptors (Lipinski definition) is 2. The Balaban J connectivity index is 1.02. The Hall–Kier alpha value is -6.90. The predicted octanol–water partition coefficient (Wildman–Crippen LogP) is 14.5. The highest BCUT2D eigenvalue weighted by atomic mass is 16.3. The molecule has 0 aliphatic carbocycles. The van der Waals surface area contributed by atoms with E-state index in [0.29, 0.717) is 0 Å². The van der Waals surface area contributed by atoms with E-state index in [2.05, 4.69) is 206 Å². The fourth-order valence-electron chi connectivity index (χ4n) is 7.28. The lowest BCUT2D eigenvalue weighted by molar-refractivity contribution is 0.629. The van der Waals surface area contributed by atoms with E-state index in [4.69, 9.17) is 4.42 Å². The average Bonchev–Trinajstić information content (AvgIpc) is 3.58. The molecule has 53 heavy (non-hydrogen) atoms. The first-order valence-electron chi connectivity index (χ1n) is 18.1. The number of hydrogen-bond donors (Lipinski definition) is 0. The van der Waals surface area contributed by atoms with Crippen molar-refractivity contribution in [2.45, 2.75) is 6.92 Å². The van der Waals surface area contributed by atoms with Gasteiger partial charge in [0.05, 0.1) is 0 Å². The smallest absolute Gasteiger partial charge is 0.138 e. The highest BCUT2D eigenvalue weighted by Crippen LogP contribution is 2.39. The van der Waals surface area contributed by atoms with Crippen LogP contribution in [0, 0.1) is 6.92 Å². The largest absolute Gasteiger partial charge is 0.456 e. The molecule has 2 heteroatoms. The molecular formula is C51H37NO. The van der Waals surface area contributed by atoms with Crippen LogP contribution in [0.25, 0.3) is 66.8 Å². The van der Waals surface area contributed by atoms with Gasteiger partial charge in [0.1, 0.15) is 11.3 Å². The van der Waals surface area contributed by atoms with Gasteiger partial charge in [-0.05, 0) is 100.0 Å². The molecule has 0 aliphatic heterocycles. The van der Waals surface area contributed by atoms with Gasteiger partial charge in [-0.2, -0.15) is 0 Å². The quantitative estimate of drug-likeness (QED) is 0.159. The summed E-state index contributed by atoms with van der Waals surface area (Å²) in [6, 6.07) is 73.4. The van der Waals surface area contributed by atoms with Crippen LogP contribution in [0.5, 0.6) is 0 Å². The lowest BCUT2D eigenvalue weighted by Gasteiger charge is -2.26. The van der Waals surface area contributed by atoms with E-state index >= 15 is 0 Å². The molecule has 252 valence electrons. The van der Waals surface area contributed by atoms with Crippen molar-refractivity contribution in [3.8, 4) is 55.8 Å². The minimum Gasteiger partial charge on any atom is -0.456 e. The van der Waals surface area contributed by atoms with Gasteiger partial charge in [0, 0.05) is 33.6 Å². The summed E-state index contributed by atoms with van der Waals surface area (Å²) in [4.78, 5) is 2.34. The van der Waals surface area contributed by atoms with Gasteiger partial charge in [0.25, 0.3) is 0 Å². The van der Waals surface area contributed by atoms with E-state index in [1.165, 1.54) is 44.5 Å². The molecule has 0 N–H and O–H groups in total. The third kappa shape index (κ3) is 6.44. The molecule has 0 fully saturated rings. The number of anilines is 3. The summed E-state index contributed by atoms with van der Waals surface area (Å²) in [5, 5.41) is 1.16. The van der Waals surface area contributed by atoms with Gasteiger partial charge in [-0.1, -0.05) is 158 Å². The normalized spacial score (nSPS) is 11.1.